The molecule has 0 spiro atoms. The van der Waals surface area contributed by atoms with Crippen LogP contribution in [-0.4, -0.2) is 22.5 Å². The average molecular weight is 195 g/mol. The monoisotopic (exact) mass is 195 g/mol. The Morgan fingerprint density at radius 2 is 2.29 bits per heavy atom. The number of phenols is 1. The van der Waals surface area contributed by atoms with Gasteiger partial charge in [0.2, 0.25) is 0 Å². The fourth-order valence-electron chi connectivity index (χ4n) is 1.00. The number of ether oxygens (including phenoxy) is 1. The molecule has 74 valence electrons. The van der Waals surface area contributed by atoms with Gasteiger partial charge < -0.3 is 15.1 Å². The van der Waals surface area contributed by atoms with Crippen LogP contribution in [0.25, 0.3) is 0 Å². The van der Waals surface area contributed by atoms with Crippen LogP contribution >= 0.6 is 0 Å². The molecule has 0 amide bonds. The smallest absolute Gasteiger partial charge is 0.298 e. The van der Waals surface area contributed by atoms with E-state index in [0.29, 0.717) is 5.56 Å². The second-order valence-corrected chi connectivity index (χ2v) is 2.58. The molecule has 0 unspecified atom stereocenters. The molecular weight excluding hydrogens is 186 g/mol. The highest BCUT2D eigenvalue weighted by Gasteiger charge is 2.06. The van der Waals surface area contributed by atoms with Crippen LogP contribution in [0.5, 0.6) is 11.5 Å². The van der Waals surface area contributed by atoms with Gasteiger partial charge in [0.25, 0.3) is 6.47 Å². The Labute approximate surface area is 80.2 Å². The number of phenolic OH excluding ortho intramolecular Hbond substituents is 1. The number of nitrogens with zero attached hydrogens (tertiary/aromatic N) is 1. The van der Waals surface area contributed by atoms with E-state index in [2.05, 4.69) is 9.89 Å². The molecule has 0 saturated heterocycles. The molecule has 2 N–H and O–H groups in total. The maximum absolute atomic E-state index is 9.99. The van der Waals surface area contributed by atoms with Crippen molar-refractivity contribution in [3.8, 4) is 11.5 Å². The van der Waals surface area contributed by atoms with Crippen molar-refractivity contribution in [3.63, 3.8) is 0 Å². The predicted octanol–water partition coefficient (Wildman–Crippen LogP) is 1.13. The van der Waals surface area contributed by atoms with Gasteiger partial charge in [0, 0.05) is 11.6 Å². The third kappa shape index (κ3) is 2.01. The maximum atomic E-state index is 9.99. The summed E-state index contributed by atoms with van der Waals surface area (Å²) in [7, 11) is 0. The van der Waals surface area contributed by atoms with Gasteiger partial charge in [-0.05, 0) is 19.1 Å². The van der Waals surface area contributed by atoms with Crippen molar-refractivity contribution >= 4 is 12.2 Å². The van der Waals surface area contributed by atoms with Gasteiger partial charge in [-0.25, -0.2) is 0 Å². The van der Waals surface area contributed by atoms with Crippen LogP contribution in [0.4, 0.5) is 0 Å². The van der Waals surface area contributed by atoms with E-state index < -0.39 is 0 Å². The highest BCUT2D eigenvalue weighted by Crippen LogP contribution is 2.23. The highest BCUT2D eigenvalue weighted by molar-refractivity contribution is 6.00. The van der Waals surface area contributed by atoms with Crippen molar-refractivity contribution in [1.29, 1.82) is 0 Å². The van der Waals surface area contributed by atoms with Gasteiger partial charge in [-0.2, -0.15) is 0 Å². The molecule has 0 fully saturated rings. The van der Waals surface area contributed by atoms with Crippen LogP contribution in [0.2, 0.25) is 0 Å². The van der Waals surface area contributed by atoms with Crippen LogP contribution in [-0.2, 0) is 4.79 Å². The van der Waals surface area contributed by atoms with E-state index in [9.17, 15) is 9.90 Å². The van der Waals surface area contributed by atoms with Crippen molar-refractivity contribution in [2.45, 2.75) is 6.92 Å². The van der Waals surface area contributed by atoms with E-state index in [1.165, 1.54) is 25.1 Å². The van der Waals surface area contributed by atoms with E-state index in [1.807, 2.05) is 0 Å². The second-order valence-electron chi connectivity index (χ2n) is 2.58. The first-order chi connectivity index (χ1) is 6.69. The van der Waals surface area contributed by atoms with E-state index in [0.717, 1.165) is 0 Å². The summed E-state index contributed by atoms with van der Waals surface area (Å²) in [5.41, 5.74) is 0.658. The quantitative estimate of drug-likeness (QED) is 0.328. The summed E-state index contributed by atoms with van der Waals surface area (Å²) < 4.78 is 4.51. The minimum absolute atomic E-state index is 0.111. The third-order valence-electron chi connectivity index (χ3n) is 1.69. The Hall–Kier alpha value is -2.04. The first-order valence-electron chi connectivity index (χ1n) is 3.81. The number of oxime groups is 1. The van der Waals surface area contributed by atoms with Crippen LogP contribution < -0.4 is 4.74 Å². The molecule has 14 heavy (non-hydrogen) atoms. The molecule has 0 aromatic heterocycles. The van der Waals surface area contributed by atoms with Gasteiger partial charge in [0.1, 0.15) is 11.5 Å². The Kier molecular flexibility index (Phi) is 3.06. The van der Waals surface area contributed by atoms with Crippen LogP contribution in [0.1, 0.15) is 12.5 Å². The largest absolute Gasteiger partial charge is 0.507 e. The summed E-state index contributed by atoms with van der Waals surface area (Å²) in [6.07, 6.45) is 0. The molecule has 0 atom stereocenters. The molecule has 0 bridgehead atoms. The second kappa shape index (κ2) is 4.27. The number of benzene rings is 1. The molecule has 1 aromatic carbocycles. The summed E-state index contributed by atoms with van der Waals surface area (Å²) in [6.45, 7) is 1.80. The fourth-order valence-corrected chi connectivity index (χ4v) is 1.00. The molecule has 0 aliphatic rings. The first kappa shape index (κ1) is 10.0. The summed E-state index contributed by atoms with van der Waals surface area (Å²) in [5.74, 6) is 0.117. The lowest BCUT2D eigenvalue weighted by molar-refractivity contribution is -0.120. The van der Waals surface area contributed by atoms with Crippen molar-refractivity contribution in [2.24, 2.45) is 5.16 Å². The molecule has 0 heterocycles. The Bertz CT molecular complexity index is 373. The number of rotatable bonds is 3. The van der Waals surface area contributed by atoms with Gasteiger partial charge in [0.05, 0.1) is 5.71 Å². The number of aromatic hydroxyl groups is 1. The average Bonchev–Trinajstić information content (AvgIpc) is 2.17. The normalized spacial score (nSPS) is 11.1. The fraction of sp³-hybridized carbons (Fsp3) is 0.111. The topological polar surface area (TPSA) is 79.1 Å². The highest BCUT2D eigenvalue weighted by atomic mass is 16.5. The van der Waals surface area contributed by atoms with E-state index in [-0.39, 0.29) is 23.7 Å². The van der Waals surface area contributed by atoms with Crippen LogP contribution in [0, 0.1) is 0 Å². The van der Waals surface area contributed by atoms with Gasteiger partial charge in [-0.3, -0.25) is 4.79 Å². The number of carbonyl (C=O) groups excluding carboxylic acids is 1. The zero-order valence-electron chi connectivity index (χ0n) is 7.47. The summed E-state index contributed by atoms with van der Waals surface area (Å²) >= 11 is 0. The third-order valence-corrected chi connectivity index (χ3v) is 1.69. The molecule has 1 aromatic rings. The maximum Gasteiger partial charge on any atom is 0.298 e. The zero-order chi connectivity index (χ0) is 10.6. The van der Waals surface area contributed by atoms with Crippen molar-refractivity contribution in [2.75, 3.05) is 0 Å². The lowest BCUT2D eigenvalue weighted by Gasteiger charge is -2.04. The van der Waals surface area contributed by atoms with Gasteiger partial charge in [0.15, 0.2) is 0 Å². The van der Waals surface area contributed by atoms with E-state index in [1.54, 1.807) is 0 Å². The van der Waals surface area contributed by atoms with Crippen LogP contribution in [0.3, 0.4) is 0 Å². The lowest BCUT2D eigenvalue weighted by Crippen LogP contribution is -1.96. The molecule has 1 rings (SSSR count). The molecular formula is C9H9NO4. The SMILES string of the molecule is C/C(=N/O)c1ccc(OC=O)cc1O. The Balaban J connectivity index is 3.07. The van der Waals surface area contributed by atoms with Crippen LogP contribution in [0.15, 0.2) is 23.4 Å². The van der Waals surface area contributed by atoms with Crippen molar-refractivity contribution in [3.05, 3.63) is 23.8 Å². The van der Waals surface area contributed by atoms with Crippen molar-refractivity contribution in [1.82, 2.24) is 0 Å². The Morgan fingerprint density at radius 1 is 1.57 bits per heavy atom. The molecule has 5 nitrogen and oxygen atoms in total. The summed E-state index contributed by atoms with van der Waals surface area (Å²) in [6, 6.07) is 4.24. The van der Waals surface area contributed by atoms with Gasteiger partial charge in [-0.1, -0.05) is 5.16 Å². The number of hydrogen-bond donors (Lipinski definition) is 2. The Morgan fingerprint density at radius 3 is 2.79 bits per heavy atom. The predicted molar refractivity (Wildman–Crippen MR) is 48.8 cm³/mol. The number of hydrogen-bond acceptors (Lipinski definition) is 5. The minimum Gasteiger partial charge on any atom is -0.507 e. The van der Waals surface area contributed by atoms with Crippen molar-refractivity contribution < 1.29 is 19.8 Å². The standard InChI is InChI=1S/C9H9NO4/c1-6(10-13)8-3-2-7(14-5-11)4-9(8)12/h2-5,12-13H,1H3/b10-6-. The number of carbonyl (C=O) groups is 1. The molecule has 5 heteroatoms. The molecule has 0 saturated carbocycles. The van der Waals surface area contributed by atoms with E-state index >= 15 is 0 Å². The van der Waals surface area contributed by atoms with Gasteiger partial charge >= 0.3 is 0 Å². The zero-order valence-corrected chi connectivity index (χ0v) is 7.47. The first-order valence-corrected chi connectivity index (χ1v) is 3.81. The minimum atomic E-state index is -0.111. The lowest BCUT2D eigenvalue weighted by atomic mass is 10.1. The molecule has 0 aliphatic carbocycles. The summed E-state index contributed by atoms with van der Waals surface area (Å²) in [5, 5.41) is 20.8. The van der Waals surface area contributed by atoms with E-state index in [4.69, 9.17) is 5.21 Å². The molecule has 0 radical (unpaired) electrons. The summed E-state index contributed by atoms with van der Waals surface area (Å²) in [4.78, 5) is 9.99. The van der Waals surface area contributed by atoms with Gasteiger partial charge in [-0.15, -0.1) is 0 Å². The molecule has 0 aliphatic heterocycles.